The van der Waals surface area contributed by atoms with E-state index in [9.17, 15) is 9.90 Å². The molecule has 9 nitrogen and oxygen atoms in total. The van der Waals surface area contributed by atoms with E-state index < -0.39 is 12.1 Å². The number of esters is 1. The number of hydroxylamine groups is 2. The van der Waals surface area contributed by atoms with Crippen LogP contribution in [0, 0.1) is 0 Å². The number of carbonyl (C=O) groups excluding carboxylic acids is 1. The van der Waals surface area contributed by atoms with Crippen LogP contribution >= 0.6 is 23.2 Å². The molecule has 0 aromatic heterocycles. The van der Waals surface area contributed by atoms with E-state index in [0.29, 0.717) is 52.3 Å². The van der Waals surface area contributed by atoms with Gasteiger partial charge in [0.05, 0.1) is 32.4 Å². The average molecular weight is 592 g/mol. The summed E-state index contributed by atoms with van der Waals surface area (Å²) >= 11 is 12.5. The fraction of sp³-hybridized carbons (Fsp3) is 0.345. The molecule has 0 unspecified atom stereocenters. The molecule has 214 valence electrons. The number of aliphatic hydroxyl groups excluding tert-OH is 1. The van der Waals surface area contributed by atoms with E-state index in [1.165, 1.54) is 7.11 Å². The number of β-amino-alcohol motifs (C(OH)–C–C–N with tert-alkyl or cyclic N) is 1. The van der Waals surface area contributed by atoms with Gasteiger partial charge in [0.1, 0.15) is 60.0 Å². The summed E-state index contributed by atoms with van der Waals surface area (Å²) in [6.45, 7) is 3.11. The summed E-state index contributed by atoms with van der Waals surface area (Å²) in [6.07, 6.45) is -1.07. The third kappa shape index (κ3) is 8.16. The van der Waals surface area contributed by atoms with Crippen LogP contribution in [0.1, 0.15) is 22.8 Å². The van der Waals surface area contributed by atoms with Gasteiger partial charge in [-0.1, -0.05) is 29.3 Å². The first-order valence-electron chi connectivity index (χ1n) is 12.7. The smallest absolute Gasteiger partial charge is 0.338 e. The number of aliphatic hydroxyl groups is 1. The molecular formula is C29H31Cl2NO8. The Morgan fingerprint density at radius 2 is 1.90 bits per heavy atom. The van der Waals surface area contributed by atoms with Crippen LogP contribution in [-0.2, 0) is 16.2 Å². The zero-order valence-corrected chi connectivity index (χ0v) is 23.7. The predicted molar refractivity (Wildman–Crippen MR) is 150 cm³/mol. The highest BCUT2D eigenvalue weighted by atomic mass is 35.5. The van der Waals surface area contributed by atoms with Crippen molar-refractivity contribution in [3.05, 3.63) is 81.8 Å². The summed E-state index contributed by atoms with van der Waals surface area (Å²) in [5.74, 6) is 1.49. The normalized spacial score (nSPS) is 15.9. The summed E-state index contributed by atoms with van der Waals surface area (Å²) in [4.78, 5) is 17.7. The third-order valence-electron chi connectivity index (χ3n) is 5.90. The molecule has 1 heterocycles. The Morgan fingerprint density at radius 1 is 1.10 bits per heavy atom. The van der Waals surface area contributed by atoms with Crippen LogP contribution in [0.4, 0.5) is 0 Å². The average Bonchev–Trinajstić information content (AvgIpc) is 3.39. The molecule has 0 aliphatic carbocycles. The fourth-order valence-electron chi connectivity index (χ4n) is 3.99. The highest BCUT2D eigenvalue weighted by Gasteiger charge is 2.27. The highest BCUT2D eigenvalue weighted by molar-refractivity contribution is 6.33. The van der Waals surface area contributed by atoms with Crippen LogP contribution in [0.5, 0.6) is 23.0 Å². The standard InChI is InChI=1S/C29H31Cl2NO8/c1-3-36-29(34)19-5-4-6-24(13-19)37-16-20-7-12-26(35-2)27(31)28(20)38-17-22(33)14-32-15-25(18-39-32)40-23-10-8-21(30)9-11-23/h4-13,22,25,33H,3,14-18H2,1-2H3/t22-,25+/m0/s1. The molecule has 1 aliphatic heterocycles. The summed E-state index contributed by atoms with van der Waals surface area (Å²) in [5.41, 5.74) is 1.02. The van der Waals surface area contributed by atoms with Gasteiger partial charge in [-0.15, -0.1) is 0 Å². The van der Waals surface area contributed by atoms with Crippen molar-refractivity contribution in [2.24, 2.45) is 0 Å². The lowest BCUT2D eigenvalue weighted by atomic mass is 10.2. The number of hydrogen-bond acceptors (Lipinski definition) is 9. The largest absolute Gasteiger partial charge is 0.495 e. The lowest BCUT2D eigenvalue weighted by molar-refractivity contribution is -0.131. The van der Waals surface area contributed by atoms with E-state index >= 15 is 0 Å². The number of benzene rings is 3. The predicted octanol–water partition coefficient (Wildman–Crippen LogP) is 5.19. The third-order valence-corrected chi connectivity index (χ3v) is 6.51. The number of nitrogens with zero attached hydrogens (tertiary/aromatic N) is 1. The van der Waals surface area contributed by atoms with E-state index in [2.05, 4.69) is 0 Å². The number of carbonyl (C=O) groups is 1. The molecular weight excluding hydrogens is 561 g/mol. The molecule has 1 fully saturated rings. The van der Waals surface area contributed by atoms with Gasteiger partial charge in [0.2, 0.25) is 0 Å². The highest BCUT2D eigenvalue weighted by Crippen LogP contribution is 2.38. The molecule has 3 aromatic rings. The van der Waals surface area contributed by atoms with Gasteiger partial charge in [-0.25, -0.2) is 4.79 Å². The Kier molecular flexibility index (Phi) is 10.7. The summed E-state index contributed by atoms with van der Waals surface area (Å²) in [5, 5.41) is 13.2. The lowest BCUT2D eigenvalue weighted by Crippen LogP contribution is -2.34. The van der Waals surface area contributed by atoms with Crippen LogP contribution in [0.2, 0.25) is 10.0 Å². The summed E-state index contributed by atoms with van der Waals surface area (Å²) in [6, 6.07) is 17.3. The summed E-state index contributed by atoms with van der Waals surface area (Å²) < 4.78 is 28.2. The number of methoxy groups -OCH3 is 1. The van der Waals surface area contributed by atoms with Crippen molar-refractivity contribution in [1.82, 2.24) is 5.06 Å². The molecule has 4 rings (SSSR count). The quantitative estimate of drug-likeness (QED) is 0.269. The molecule has 0 saturated carbocycles. The van der Waals surface area contributed by atoms with Crippen molar-refractivity contribution in [2.45, 2.75) is 25.7 Å². The second-order valence-corrected chi connectivity index (χ2v) is 9.72. The van der Waals surface area contributed by atoms with Crippen molar-refractivity contribution in [2.75, 3.05) is 40.0 Å². The zero-order valence-electron chi connectivity index (χ0n) is 22.2. The van der Waals surface area contributed by atoms with E-state index in [0.717, 1.165) is 0 Å². The molecule has 1 N–H and O–H groups in total. The van der Waals surface area contributed by atoms with Gasteiger partial charge in [-0.05, 0) is 61.5 Å². The molecule has 0 spiro atoms. The number of rotatable bonds is 13. The van der Waals surface area contributed by atoms with Crippen molar-refractivity contribution in [1.29, 1.82) is 0 Å². The number of halogens is 2. The molecule has 0 bridgehead atoms. The van der Waals surface area contributed by atoms with E-state index in [-0.39, 0.29) is 37.5 Å². The first kappa shape index (κ1) is 29.8. The maximum atomic E-state index is 12.0. The summed E-state index contributed by atoms with van der Waals surface area (Å²) in [7, 11) is 1.50. The first-order valence-corrected chi connectivity index (χ1v) is 13.5. The van der Waals surface area contributed by atoms with Crippen LogP contribution in [-0.4, -0.2) is 68.4 Å². The van der Waals surface area contributed by atoms with Crippen LogP contribution in [0.15, 0.2) is 60.7 Å². The molecule has 2 atom stereocenters. The van der Waals surface area contributed by atoms with Gasteiger partial charge in [-0.2, -0.15) is 5.06 Å². The SMILES string of the molecule is CCOC(=O)c1cccc(OCc2ccc(OC)c(Cl)c2OC[C@@H](O)CN2C[C@@H](Oc3ccc(Cl)cc3)CO2)c1. The van der Waals surface area contributed by atoms with Crippen molar-refractivity contribution in [3.63, 3.8) is 0 Å². The van der Waals surface area contributed by atoms with E-state index in [1.54, 1.807) is 72.7 Å². The van der Waals surface area contributed by atoms with E-state index in [4.69, 9.17) is 51.7 Å². The molecule has 0 amide bonds. The minimum atomic E-state index is -0.883. The van der Waals surface area contributed by atoms with Gasteiger partial charge in [0, 0.05) is 10.6 Å². The molecule has 1 aliphatic rings. The second-order valence-electron chi connectivity index (χ2n) is 8.91. The number of ether oxygens (including phenoxy) is 5. The van der Waals surface area contributed by atoms with Crippen molar-refractivity contribution in [3.8, 4) is 23.0 Å². The van der Waals surface area contributed by atoms with Gasteiger partial charge in [0.15, 0.2) is 0 Å². The monoisotopic (exact) mass is 591 g/mol. The van der Waals surface area contributed by atoms with Crippen molar-refractivity contribution >= 4 is 29.2 Å². The molecule has 0 radical (unpaired) electrons. The van der Waals surface area contributed by atoms with Gasteiger partial charge in [-0.3, -0.25) is 4.84 Å². The Bertz CT molecular complexity index is 1270. The maximum Gasteiger partial charge on any atom is 0.338 e. The van der Waals surface area contributed by atoms with Crippen LogP contribution < -0.4 is 18.9 Å². The number of hydrogen-bond donors (Lipinski definition) is 1. The van der Waals surface area contributed by atoms with Gasteiger partial charge in [0.25, 0.3) is 0 Å². The fourth-order valence-corrected chi connectivity index (χ4v) is 4.43. The second kappa shape index (κ2) is 14.4. The van der Waals surface area contributed by atoms with Gasteiger partial charge >= 0.3 is 5.97 Å². The first-order chi connectivity index (χ1) is 19.4. The van der Waals surface area contributed by atoms with E-state index in [1.807, 2.05) is 0 Å². The Labute approximate surface area is 243 Å². The van der Waals surface area contributed by atoms with Crippen LogP contribution in [0.25, 0.3) is 0 Å². The topological polar surface area (TPSA) is 95.9 Å². The molecule has 11 heteroatoms. The minimum Gasteiger partial charge on any atom is -0.495 e. The zero-order chi connectivity index (χ0) is 28.5. The van der Waals surface area contributed by atoms with Crippen LogP contribution in [0.3, 0.4) is 0 Å². The van der Waals surface area contributed by atoms with Crippen molar-refractivity contribution < 1.29 is 38.4 Å². The Hall–Kier alpha value is -3.21. The minimum absolute atomic E-state index is 0.0548. The molecule has 1 saturated heterocycles. The molecule has 3 aromatic carbocycles. The Morgan fingerprint density at radius 3 is 2.65 bits per heavy atom. The maximum absolute atomic E-state index is 12.0. The van der Waals surface area contributed by atoms with Gasteiger partial charge < -0.3 is 28.8 Å². The lowest BCUT2D eigenvalue weighted by Gasteiger charge is -2.21. The molecule has 40 heavy (non-hydrogen) atoms. The Balaban J connectivity index is 1.33.